The van der Waals surface area contributed by atoms with Crippen LogP contribution in [-0.2, 0) is 0 Å². The van der Waals surface area contributed by atoms with Gasteiger partial charge in [-0.3, -0.25) is 0 Å². The average molecular weight is 258 g/mol. The molecule has 15 heavy (non-hydrogen) atoms. The summed E-state index contributed by atoms with van der Waals surface area (Å²) >= 11 is 9.21. The van der Waals surface area contributed by atoms with Crippen molar-refractivity contribution in [3.05, 3.63) is 28.7 Å². The molecule has 2 aromatic heterocycles. The standard InChI is InChI=1S/C9H8ClN3S2/c1-11-9-12-5-6(10)8(13-9)15-7-3-2-4-14-7/h2-5H,1H3,(H,11,12,13). The first kappa shape index (κ1) is 10.7. The van der Waals surface area contributed by atoms with Crippen molar-refractivity contribution in [3.63, 3.8) is 0 Å². The van der Waals surface area contributed by atoms with Crippen LogP contribution in [0.25, 0.3) is 0 Å². The Balaban J connectivity index is 2.27. The van der Waals surface area contributed by atoms with Crippen LogP contribution in [0.5, 0.6) is 0 Å². The van der Waals surface area contributed by atoms with Crippen molar-refractivity contribution < 1.29 is 0 Å². The van der Waals surface area contributed by atoms with E-state index >= 15 is 0 Å². The summed E-state index contributed by atoms with van der Waals surface area (Å²) in [5, 5.41) is 6.26. The first-order valence-electron chi connectivity index (χ1n) is 4.21. The summed E-state index contributed by atoms with van der Waals surface area (Å²) in [5.74, 6) is 0.582. The van der Waals surface area contributed by atoms with E-state index < -0.39 is 0 Å². The fourth-order valence-corrected chi connectivity index (χ4v) is 2.83. The van der Waals surface area contributed by atoms with Crippen molar-refractivity contribution in [3.8, 4) is 0 Å². The second-order valence-corrected chi connectivity index (χ2v) is 5.27. The summed E-state index contributed by atoms with van der Waals surface area (Å²) in [7, 11) is 1.78. The lowest BCUT2D eigenvalue weighted by Gasteiger charge is -2.03. The number of aromatic nitrogens is 2. The molecule has 78 valence electrons. The Morgan fingerprint density at radius 2 is 2.40 bits per heavy atom. The molecule has 0 atom stereocenters. The highest BCUT2D eigenvalue weighted by atomic mass is 35.5. The van der Waals surface area contributed by atoms with Crippen molar-refractivity contribution >= 4 is 40.6 Å². The molecule has 0 spiro atoms. The summed E-state index contributed by atoms with van der Waals surface area (Å²) in [6.45, 7) is 0. The minimum atomic E-state index is 0.576. The SMILES string of the molecule is CNc1ncc(Cl)c(Sc2cccs2)n1. The zero-order chi connectivity index (χ0) is 10.7. The fourth-order valence-electron chi connectivity index (χ4n) is 0.960. The van der Waals surface area contributed by atoms with Gasteiger partial charge in [-0.15, -0.1) is 11.3 Å². The van der Waals surface area contributed by atoms with Gasteiger partial charge in [0.1, 0.15) is 5.03 Å². The van der Waals surface area contributed by atoms with Crippen molar-refractivity contribution in [2.24, 2.45) is 0 Å². The van der Waals surface area contributed by atoms with Crippen LogP contribution >= 0.6 is 34.7 Å². The van der Waals surface area contributed by atoms with E-state index in [-0.39, 0.29) is 0 Å². The van der Waals surface area contributed by atoms with E-state index in [4.69, 9.17) is 11.6 Å². The van der Waals surface area contributed by atoms with E-state index in [2.05, 4.69) is 15.3 Å². The molecule has 0 radical (unpaired) electrons. The third kappa shape index (κ3) is 2.62. The molecule has 2 heterocycles. The Labute approximate surface area is 101 Å². The summed E-state index contributed by atoms with van der Waals surface area (Å²) in [5.41, 5.74) is 0. The van der Waals surface area contributed by atoms with Crippen LogP contribution in [0.4, 0.5) is 5.95 Å². The molecule has 3 nitrogen and oxygen atoms in total. The molecule has 0 saturated carbocycles. The zero-order valence-corrected chi connectivity index (χ0v) is 10.3. The van der Waals surface area contributed by atoms with E-state index in [1.54, 1.807) is 36.3 Å². The zero-order valence-electron chi connectivity index (χ0n) is 7.90. The molecule has 0 aliphatic carbocycles. The second kappa shape index (κ2) is 4.83. The van der Waals surface area contributed by atoms with Crippen LogP contribution in [0.15, 0.2) is 32.9 Å². The third-order valence-corrected chi connectivity index (χ3v) is 4.06. The van der Waals surface area contributed by atoms with Crippen molar-refractivity contribution in [2.45, 2.75) is 9.24 Å². The fraction of sp³-hybridized carbons (Fsp3) is 0.111. The van der Waals surface area contributed by atoms with Gasteiger partial charge in [0, 0.05) is 7.05 Å². The number of anilines is 1. The molecule has 2 aromatic rings. The van der Waals surface area contributed by atoms with Gasteiger partial charge < -0.3 is 5.32 Å². The molecule has 0 unspecified atom stereocenters. The van der Waals surface area contributed by atoms with Gasteiger partial charge in [-0.05, 0) is 11.4 Å². The average Bonchev–Trinajstić information content (AvgIpc) is 2.74. The van der Waals surface area contributed by atoms with Gasteiger partial charge in [0.25, 0.3) is 0 Å². The molecular weight excluding hydrogens is 250 g/mol. The van der Waals surface area contributed by atoms with E-state index in [0.717, 1.165) is 9.24 Å². The van der Waals surface area contributed by atoms with E-state index in [1.165, 1.54) is 0 Å². The van der Waals surface area contributed by atoms with Gasteiger partial charge in [-0.25, -0.2) is 9.97 Å². The maximum atomic E-state index is 6.00. The molecule has 1 N–H and O–H groups in total. The molecule has 0 bridgehead atoms. The van der Waals surface area contributed by atoms with E-state index in [9.17, 15) is 0 Å². The van der Waals surface area contributed by atoms with Gasteiger partial charge in [0.2, 0.25) is 5.95 Å². The van der Waals surface area contributed by atoms with Crippen LogP contribution in [0.1, 0.15) is 0 Å². The Hall–Kier alpha value is -0.780. The number of nitrogens with zero attached hydrogens (tertiary/aromatic N) is 2. The van der Waals surface area contributed by atoms with Crippen LogP contribution in [0.2, 0.25) is 5.02 Å². The van der Waals surface area contributed by atoms with Gasteiger partial charge >= 0.3 is 0 Å². The Morgan fingerprint density at radius 3 is 3.07 bits per heavy atom. The maximum Gasteiger partial charge on any atom is 0.223 e. The predicted octanol–water partition coefficient (Wildman–Crippen LogP) is 3.38. The third-order valence-electron chi connectivity index (χ3n) is 1.63. The lowest BCUT2D eigenvalue weighted by atomic mass is 10.6. The van der Waals surface area contributed by atoms with Gasteiger partial charge in [-0.2, -0.15) is 0 Å². The number of thiophene rings is 1. The number of rotatable bonds is 3. The van der Waals surface area contributed by atoms with Crippen LogP contribution in [0.3, 0.4) is 0 Å². The Bertz CT molecular complexity index is 445. The highest BCUT2D eigenvalue weighted by Crippen LogP contribution is 2.34. The van der Waals surface area contributed by atoms with Gasteiger partial charge in [0.05, 0.1) is 15.4 Å². The summed E-state index contributed by atoms with van der Waals surface area (Å²) in [6.07, 6.45) is 1.61. The summed E-state index contributed by atoms with van der Waals surface area (Å²) in [4.78, 5) is 8.30. The molecule has 0 aromatic carbocycles. The quantitative estimate of drug-likeness (QED) is 0.856. The predicted molar refractivity (Wildman–Crippen MR) is 65.0 cm³/mol. The Morgan fingerprint density at radius 1 is 1.53 bits per heavy atom. The molecule has 0 amide bonds. The number of hydrogen-bond acceptors (Lipinski definition) is 5. The smallest absolute Gasteiger partial charge is 0.223 e. The number of nitrogens with one attached hydrogen (secondary N) is 1. The molecular formula is C9H8ClN3S2. The van der Waals surface area contributed by atoms with E-state index in [1.807, 2.05) is 17.5 Å². The van der Waals surface area contributed by atoms with Crippen molar-refractivity contribution in [1.82, 2.24) is 9.97 Å². The molecule has 0 aliphatic heterocycles. The maximum absolute atomic E-state index is 6.00. The minimum absolute atomic E-state index is 0.576. The van der Waals surface area contributed by atoms with Gasteiger partial charge in [-0.1, -0.05) is 29.4 Å². The van der Waals surface area contributed by atoms with Gasteiger partial charge in [0.15, 0.2) is 0 Å². The molecule has 0 aliphatic rings. The molecule has 0 fully saturated rings. The monoisotopic (exact) mass is 257 g/mol. The Kier molecular flexibility index (Phi) is 3.45. The normalized spacial score (nSPS) is 10.3. The number of hydrogen-bond donors (Lipinski definition) is 1. The lowest BCUT2D eigenvalue weighted by molar-refractivity contribution is 1.05. The first-order chi connectivity index (χ1) is 7.29. The molecule has 6 heteroatoms. The number of halogens is 1. The largest absolute Gasteiger partial charge is 0.357 e. The first-order valence-corrected chi connectivity index (χ1v) is 6.28. The van der Waals surface area contributed by atoms with Crippen LogP contribution in [-0.4, -0.2) is 17.0 Å². The van der Waals surface area contributed by atoms with Crippen molar-refractivity contribution in [1.29, 1.82) is 0 Å². The minimum Gasteiger partial charge on any atom is -0.357 e. The second-order valence-electron chi connectivity index (χ2n) is 2.63. The summed E-state index contributed by atoms with van der Waals surface area (Å²) in [6, 6.07) is 4.04. The highest BCUT2D eigenvalue weighted by molar-refractivity contribution is 8.01. The topological polar surface area (TPSA) is 37.8 Å². The molecule has 0 saturated heterocycles. The highest BCUT2D eigenvalue weighted by Gasteiger charge is 2.07. The van der Waals surface area contributed by atoms with E-state index in [0.29, 0.717) is 11.0 Å². The van der Waals surface area contributed by atoms with Crippen LogP contribution < -0.4 is 5.32 Å². The van der Waals surface area contributed by atoms with Crippen LogP contribution in [0, 0.1) is 0 Å². The summed E-state index contributed by atoms with van der Waals surface area (Å²) < 4.78 is 1.16. The lowest BCUT2D eigenvalue weighted by Crippen LogP contribution is -1.96. The molecule has 2 rings (SSSR count). The van der Waals surface area contributed by atoms with Crippen molar-refractivity contribution in [2.75, 3.05) is 12.4 Å².